The van der Waals surface area contributed by atoms with Gasteiger partial charge in [-0.1, -0.05) is 32.1 Å². The number of carbonyl (C=O) groups excluding carboxylic acids is 2. The first-order chi connectivity index (χ1) is 10.7. The van der Waals surface area contributed by atoms with Gasteiger partial charge in [-0.2, -0.15) is 0 Å². The molecule has 0 radical (unpaired) electrons. The fourth-order valence-corrected chi connectivity index (χ4v) is 3.67. The average molecular weight is 310 g/mol. The number of aliphatic hydroxyl groups excluding tert-OH is 1. The van der Waals surface area contributed by atoms with E-state index in [4.69, 9.17) is 0 Å². The van der Waals surface area contributed by atoms with E-state index in [1.54, 1.807) is 0 Å². The van der Waals surface area contributed by atoms with Crippen LogP contribution in [0.25, 0.3) is 0 Å². The second kappa shape index (κ2) is 9.13. The maximum atomic E-state index is 12.1. The minimum atomic E-state index is -0.0630. The predicted octanol–water partition coefficient (Wildman–Crippen LogP) is 1.88. The van der Waals surface area contributed by atoms with Crippen LogP contribution in [-0.2, 0) is 9.59 Å². The molecule has 2 amide bonds. The molecule has 2 saturated carbocycles. The second-order valence-corrected chi connectivity index (χ2v) is 6.80. The van der Waals surface area contributed by atoms with Gasteiger partial charge in [0.1, 0.15) is 0 Å². The van der Waals surface area contributed by atoms with Crippen molar-refractivity contribution in [3.8, 4) is 0 Å². The van der Waals surface area contributed by atoms with Crippen molar-refractivity contribution in [2.45, 2.75) is 82.7 Å². The van der Waals surface area contributed by atoms with Crippen LogP contribution in [0.1, 0.15) is 70.6 Å². The highest BCUT2D eigenvalue weighted by atomic mass is 16.3. The summed E-state index contributed by atoms with van der Waals surface area (Å²) in [4.78, 5) is 23.9. The van der Waals surface area contributed by atoms with Gasteiger partial charge < -0.3 is 15.7 Å². The Labute approximate surface area is 133 Å². The summed E-state index contributed by atoms with van der Waals surface area (Å²) in [5.41, 5.74) is 0. The predicted molar refractivity (Wildman–Crippen MR) is 85.2 cm³/mol. The summed E-state index contributed by atoms with van der Waals surface area (Å²) in [6.07, 6.45) is 10.3. The molecule has 5 heteroatoms. The number of amides is 2. The van der Waals surface area contributed by atoms with Gasteiger partial charge in [-0.15, -0.1) is 0 Å². The summed E-state index contributed by atoms with van der Waals surface area (Å²) >= 11 is 0. The third kappa shape index (κ3) is 5.59. The summed E-state index contributed by atoms with van der Waals surface area (Å²) in [5.74, 6) is 0.0901. The minimum absolute atomic E-state index is 0.0124. The lowest BCUT2D eigenvalue weighted by molar-refractivity contribution is -0.127. The second-order valence-electron chi connectivity index (χ2n) is 6.80. The highest BCUT2D eigenvalue weighted by Gasteiger charge is 2.25. The highest BCUT2D eigenvalue weighted by molar-refractivity contribution is 5.84. The normalized spacial score (nSPS) is 26.4. The van der Waals surface area contributed by atoms with Crippen LogP contribution in [0.5, 0.6) is 0 Å². The smallest absolute Gasteiger partial charge is 0.220 e. The fraction of sp³-hybridized carbons (Fsp3) is 0.882. The molecule has 126 valence electrons. The van der Waals surface area contributed by atoms with Gasteiger partial charge in [0.25, 0.3) is 0 Å². The van der Waals surface area contributed by atoms with Crippen molar-refractivity contribution in [1.29, 1.82) is 0 Å². The molecule has 0 heterocycles. The number of carbonyl (C=O) groups is 2. The molecule has 0 aromatic rings. The molecule has 0 aromatic carbocycles. The molecule has 2 aliphatic rings. The van der Waals surface area contributed by atoms with Crippen molar-refractivity contribution in [2.24, 2.45) is 5.92 Å². The first-order valence-corrected chi connectivity index (χ1v) is 8.88. The summed E-state index contributed by atoms with van der Waals surface area (Å²) in [6, 6.07) is 0.383. The Hall–Kier alpha value is -1.10. The number of nitrogens with one attached hydrogen (secondary N) is 2. The van der Waals surface area contributed by atoms with Crippen LogP contribution in [0, 0.1) is 5.92 Å². The van der Waals surface area contributed by atoms with E-state index >= 15 is 0 Å². The molecule has 3 N–H and O–H groups in total. The van der Waals surface area contributed by atoms with Crippen LogP contribution in [0.3, 0.4) is 0 Å². The Balaban J connectivity index is 1.68. The molecule has 2 aliphatic carbocycles. The van der Waals surface area contributed by atoms with E-state index < -0.39 is 0 Å². The van der Waals surface area contributed by atoms with Crippen molar-refractivity contribution in [3.05, 3.63) is 0 Å². The van der Waals surface area contributed by atoms with Crippen LogP contribution in [0.2, 0.25) is 0 Å². The summed E-state index contributed by atoms with van der Waals surface area (Å²) < 4.78 is 0. The van der Waals surface area contributed by atoms with Gasteiger partial charge in [0.15, 0.2) is 0 Å². The zero-order valence-electron chi connectivity index (χ0n) is 13.5. The summed E-state index contributed by atoms with van der Waals surface area (Å²) in [7, 11) is 0. The van der Waals surface area contributed by atoms with Gasteiger partial charge >= 0.3 is 0 Å². The molecule has 0 saturated heterocycles. The van der Waals surface area contributed by atoms with Crippen LogP contribution in [-0.4, -0.2) is 35.6 Å². The lowest BCUT2D eigenvalue weighted by atomic mass is 9.95. The third-order valence-corrected chi connectivity index (χ3v) is 5.04. The zero-order chi connectivity index (χ0) is 15.8. The van der Waals surface area contributed by atoms with Crippen molar-refractivity contribution in [2.75, 3.05) is 6.61 Å². The number of aliphatic hydroxyl groups is 1. The lowest BCUT2D eigenvalue weighted by Gasteiger charge is -2.24. The van der Waals surface area contributed by atoms with E-state index in [1.165, 1.54) is 19.3 Å². The monoisotopic (exact) mass is 310 g/mol. The van der Waals surface area contributed by atoms with Gasteiger partial charge in [0.05, 0.1) is 0 Å². The Bertz CT molecular complexity index is 367. The molecule has 22 heavy (non-hydrogen) atoms. The Kier molecular flexibility index (Phi) is 7.16. The molecule has 0 aromatic heterocycles. The van der Waals surface area contributed by atoms with Gasteiger partial charge in [-0.3, -0.25) is 9.59 Å². The quantitative estimate of drug-likeness (QED) is 0.656. The first kappa shape index (κ1) is 17.3. The molecule has 2 atom stereocenters. The van der Waals surface area contributed by atoms with E-state index in [0.29, 0.717) is 6.04 Å². The van der Waals surface area contributed by atoms with Crippen molar-refractivity contribution < 1.29 is 14.7 Å². The van der Waals surface area contributed by atoms with Gasteiger partial charge in [-0.05, 0) is 25.7 Å². The number of hydrogen-bond acceptors (Lipinski definition) is 3. The number of hydrogen-bond donors (Lipinski definition) is 3. The van der Waals surface area contributed by atoms with E-state index in [-0.39, 0.29) is 43.2 Å². The summed E-state index contributed by atoms with van der Waals surface area (Å²) in [6.45, 7) is 0.132. The summed E-state index contributed by atoms with van der Waals surface area (Å²) in [5, 5.41) is 15.5. The SMILES string of the molecule is O=C(CCC(=O)NC1CCCCCC1CO)NC1CCCC1. The van der Waals surface area contributed by atoms with E-state index in [0.717, 1.165) is 38.5 Å². The van der Waals surface area contributed by atoms with Crippen molar-refractivity contribution in [1.82, 2.24) is 10.6 Å². The minimum Gasteiger partial charge on any atom is -0.396 e. The average Bonchev–Trinajstić information content (AvgIpc) is 2.90. The molecule has 0 aliphatic heterocycles. The van der Waals surface area contributed by atoms with E-state index in [1.807, 2.05) is 0 Å². The van der Waals surface area contributed by atoms with Crippen molar-refractivity contribution >= 4 is 11.8 Å². The van der Waals surface area contributed by atoms with Crippen molar-refractivity contribution in [3.63, 3.8) is 0 Å². The van der Waals surface area contributed by atoms with Crippen LogP contribution >= 0.6 is 0 Å². The molecular weight excluding hydrogens is 280 g/mol. The number of rotatable bonds is 6. The van der Waals surface area contributed by atoms with Crippen LogP contribution in [0.4, 0.5) is 0 Å². The van der Waals surface area contributed by atoms with E-state index in [2.05, 4.69) is 10.6 Å². The van der Waals surface area contributed by atoms with Crippen LogP contribution < -0.4 is 10.6 Å². The fourth-order valence-electron chi connectivity index (χ4n) is 3.67. The Morgan fingerprint density at radius 3 is 2.09 bits per heavy atom. The highest BCUT2D eigenvalue weighted by Crippen LogP contribution is 2.23. The topological polar surface area (TPSA) is 78.4 Å². The molecule has 2 fully saturated rings. The molecule has 5 nitrogen and oxygen atoms in total. The Morgan fingerprint density at radius 1 is 0.818 bits per heavy atom. The molecule has 2 rings (SSSR count). The van der Waals surface area contributed by atoms with Crippen LogP contribution in [0.15, 0.2) is 0 Å². The largest absolute Gasteiger partial charge is 0.396 e. The molecule has 0 bridgehead atoms. The Morgan fingerprint density at radius 2 is 1.41 bits per heavy atom. The molecular formula is C17H30N2O3. The van der Waals surface area contributed by atoms with Gasteiger partial charge in [-0.25, -0.2) is 0 Å². The molecule has 2 unspecified atom stereocenters. The van der Waals surface area contributed by atoms with Gasteiger partial charge in [0.2, 0.25) is 11.8 Å². The lowest BCUT2D eigenvalue weighted by Crippen LogP contribution is -2.41. The van der Waals surface area contributed by atoms with E-state index in [9.17, 15) is 14.7 Å². The first-order valence-electron chi connectivity index (χ1n) is 8.88. The van der Waals surface area contributed by atoms with Gasteiger partial charge in [0, 0.05) is 37.5 Å². The zero-order valence-corrected chi connectivity index (χ0v) is 13.5. The maximum Gasteiger partial charge on any atom is 0.220 e. The third-order valence-electron chi connectivity index (χ3n) is 5.04. The molecule has 0 spiro atoms. The standard InChI is InChI=1S/C17H30N2O3/c20-12-13-6-2-1-3-9-15(13)19-17(22)11-10-16(21)18-14-7-4-5-8-14/h13-15,20H,1-12H2,(H,18,21)(H,19,22). The maximum absolute atomic E-state index is 12.1.